The third kappa shape index (κ3) is 2.84. The third-order valence-corrected chi connectivity index (χ3v) is 4.86. The molecule has 4 heteroatoms. The summed E-state index contributed by atoms with van der Waals surface area (Å²) < 4.78 is 11.2. The van der Waals surface area contributed by atoms with Gasteiger partial charge >= 0.3 is 5.97 Å². The van der Waals surface area contributed by atoms with Crippen LogP contribution in [0.2, 0.25) is 0 Å². The highest BCUT2D eigenvalue weighted by Crippen LogP contribution is 2.45. The average molecular weight is 334 g/mol. The molecule has 0 fully saturated rings. The van der Waals surface area contributed by atoms with Crippen LogP contribution in [0.1, 0.15) is 28.8 Å². The minimum absolute atomic E-state index is 0.0523. The minimum Gasteiger partial charge on any atom is -0.492 e. The number of ether oxygens (including phenoxy) is 2. The smallest absolute Gasteiger partial charge is 0.334 e. The maximum Gasteiger partial charge on any atom is 0.334 e. The highest BCUT2D eigenvalue weighted by Gasteiger charge is 2.47. The fourth-order valence-electron chi connectivity index (χ4n) is 3.43. The number of fused-ring (bicyclic) bond motifs is 1. The van der Waals surface area contributed by atoms with Crippen molar-refractivity contribution in [2.24, 2.45) is 5.41 Å². The first-order valence-electron chi connectivity index (χ1n) is 8.35. The van der Waals surface area contributed by atoms with Gasteiger partial charge in [0.25, 0.3) is 0 Å². The molecule has 0 N–H and O–H groups in total. The van der Waals surface area contributed by atoms with Gasteiger partial charge in [0.1, 0.15) is 19.0 Å². The van der Waals surface area contributed by atoms with Crippen molar-refractivity contribution in [1.82, 2.24) is 0 Å². The summed E-state index contributed by atoms with van der Waals surface area (Å²) in [5.74, 6) is 0.321. The SMILES string of the molecule is O=C(OCc1ccccc1)C1=CC[C@]2(COc3ccccc3C2=O)C1. The van der Waals surface area contributed by atoms with Gasteiger partial charge in [-0.25, -0.2) is 4.79 Å². The van der Waals surface area contributed by atoms with Gasteiger partial charge in [-0.2, -0.15) is 0 Å². The number of hydrogen-bond donors (Lipinski definition) is 0. The molecule has 1 spiro atoms. The van der Waals surface area contributed by atoms with Gasteiger partial charge in [0, 0.05) is 5.57 Å². The number of carbonyl (C=O) groups excluding carboxylic acids is 2. The zero-order valence-corrected chi connectivity index (χ0v) is 13.7. The molecule has 25 heavy (non-hydrogen) atoms. The first-order chi connectivity index (χ1) is 12.2. The molecule has 2 aromatic carbocycles. The first-order valence-corrected chi connectivity index (χ1v) is 8.35. The lowest BCUT2D eigenvalue weighted by molar-refractivity contribution is -0.140. The summed E-state index contributed by atoms with van der Waals surface area (Å²) in [5, 5.41) is 0. The van der Waals surface area contributed by atoms with Crippen LogP contribution in [0.3, 0.4) is 0 Å². The molecule has 2 aliphatic rings. The minimum atomic E-state index is -0.671. The molecule has 1 aliphatic carbocycles. The number of carbonyl (C=O) groups is 2. The van der Waals surface area contributed by atoms with Crippen molar-refractivity contribution in [3.05, 3.63) is 77.4 Å². The van der Waals surface area contributed by atoms with Crippen LogP contribution in [0.5, 0.6) is 5.75 Å². The Morgan fingerprint density at radius 1 is 1.08 bits per heavy atom. The molecule has 0 bridgehead atoms. The van der Waals surface area contributed by atoms with E-state index in [0.717, 1.165) is 5.56 Å². The fourth-order valence-corrected chi connectivity index (χ4v) is 3.43. The van der Waals surface area contributed by atoms with E-state index in [1.54, 1.807) is 12.1 Å². The molecule has 0 saturated heterocycles. The number of esters is 1. The molecule has 126 valence electrons. The number of hydrogen-bond acceptors (Lipinski definition) is 4. The summed E-state index contributed by atoms with van der Waals surface area (Å²) in [5.41, 5.74) is 1.43. The predicted molar refractivity (Wildman–Crippen MR) is 92.3 cm³/mol. The molecule has 1 heterocycles. The van der Waals surface area contributed by atoms with E-state index >= 15 is 0 Å². The van der Waals surface area contributed by atoms with Gasteiger partial charge in [-0.1, -0.05) is 48.5 Å². The largest absolute Gasteiger partial charge is 0.492 e. The zero-order chi connectivity index (χ0) is 17.3. The maximum atomic E-state index is 12.9. The highest BCUT2D eigenvalue weighted by atomic mass is 16.5. The summed E-state index contributed by atoms with van der Waals surface area (Å²) >= 11 is 0. The number of Topliss-reactive ketones (excluding diaryl/α,β-unsaturated/α-hetero) is 1. The monoisotopic (exact) mass is 334 g/mol. The molecule has 4 nitrogen and oxygen atoms in total. The Balaban J connectivity index is 1.44. The Kier molecular flexibility index (Phi) is 3.88. The van der Waals surface area contributed by atoms with E-state index in [1.807, 2.05) is 48.5 Å². The summed E-state index contributed by atoms with van der Waals surface area (Å²) in [6, 6.07) is 16.8. The summed E-state index contributed by atoms with van der Waals surface area (Å²) in [7, 11) is 0. The Morgan fingerprint density at radius 2 is 1.84 bits per heavy atom. The Bertz CT molecular complexity index is 853. The Hall–Kier alpha value is -2.88. The van der Waals surface area contributed by atoms with E-state index < -0.39 is 5.41 Å². The van der Waals surface area contributed by atoms with E-state index in [4.69, 9.17) is 9.47 Å². The molecule has 0 saturated carbocycles. The van der Waals surface area contributed by atoms with Crippen molar-refractivity contribution in [2.45, 2.75) is 19.4 Å². The van der Waals surface area contributed by atoms with E-state index in [2.05, 4.69) is 0 Å². The van der Waals surface area contributed by atoms with Gasteiger partial charge in [-0.05, 0) is 30.5 Å². The Labute approximate surface area is 146 Å². The molecular weight excluding hydrogens is 316 g/mol. The van der Waals surface area contributed by atoms with Crippen molar-refractivity contribution in [2.75, 3.05) is 6.61 Å². The highest BCUT2D eigenvalue weighted by molar-refractivity contribution is 6.05. The molecule has 4 rings (SSSR count). The van der Waals surface area contributed by atoms with Crippen molar-refractivity contribution in [3.8, 4) is 5.75 Å². The van der Waals surface area contributed by atoms with E-state index in [0.29, 0.717) is 36.3 Å². The molecule has 0 amide bonds. The van der Waals surface area contributed by atoms with E-state index in [1.165, 1.54) is 0 Å². The number of allylic oxidation sites excluding steroid dienone is 1. The van der Waals surface area contributed by atoms with Crippen molar-refractivity contribution < 1.29 is 19.1 Å². The van der Waals surface area contributed by atoms with Crippen LogP contribution in [-0.4, -0.2) is 18.4 Å². The third-order valence-electron chi connectivity index (χ3n) is 4.86. The van der Waals surface area contributed by atoms with Crippen molar-refractivity contribution >= 4 is 11.8 Å². The first kappa shape index (κ1) is 15.6. The van der Waals surface area contributed by atoms with Gasteiger partial charge in [0.05, 0.1) is 11.0 Å². The fraction of sp³-hybridized carbons (Fsp3) is 0.238. The molecular formula is C21H18O4. The summed E-state index contributed by atoms with van der Waals surface area (Å²) in [6.45, 7) is 0.534. The molecule has 0 unspecified atom stereocenters. The summed E-state index contributed by atoms with van der Waals surface area (Å²) in [6.07, 6.45) is 2.70. The standard InChI is InChI=1S/C21H18O4/c22-19-17-8-4-5-9-18(17)25-14-21(19)11-10-16(12-21)20(23)24-13-15-6-2-1-3-7-15/h1-10H,11-14H2/t21-/m1/s1. The number of benzene rings is 2. The molecule has 0 radical (unpaired) electrons. The van der Waals surface area contributed by atoms with E-state index in [9.17, 15) is 9.59 Å². The molecule has 0 aromatic heterocycles. The number of para-hydroxylation sites is 1. The van der Waals surface area contributed by atoms with Crippen LogP contribution in [0.15, 0.2) is 66.2 Å². The lowest BCUT2D eigenvalue weighted by Gasteiger charge is -2.33. The van der Waals surface area contributed by atoms with Gasteiger partial charge in [0.2, 0.25) is 0 Å². The lowest BCUT2D eigenvalue weighted by Crippen LogP contribution is -2.39. The van der Waals surface area contributed by atoms with Crippen LogP contribution in [0, 0.1) is 5.41 Å². The van der Waals surface area contributed by atoms with Crippen LogP contribution < -0.4 is 4.74 Å². The van der Waals surface area contributed by atoms with E-state index in [-0.39, 0.29) is 18.4 Å². The van der Waals surface area contributed by atoms with Crippen LogP contribution in [-0.2, 0) is 16.1 Å². The summed E-state index contributed by atoms with van der Waals surface area (Å²) in [4.78, 5) is 25.3. The lowest BCUT2D eigenvalue weighted by atomic mass is 9.76. The van der Waals surface area contributed by atoms with Gasteiger partial charge in [-0.3, -0.25) is 4.79 Å². The van der Waals surface area contributed by atoms with Crippen molar-refractivity contribution in [1.29, 1.82) is 0 Å². The van der Waals surface area contributed by atoms with Gasteiger partial charge in [0.15, 0.2) is 5.78 Å². The topological polar surface area (TPSA) is 52.6 Å². The maximum absolute atomic E-state index is 12.9. The molecule has 1 atom stereocenters. The Morgan fingerprint density at radius 3 is 2.68 bits per heavy atom. The number of ketones is 1. The van der Waals surface area contributed by atoms with Crippen LogP contribution in [0.4, 0.5) is 0 Å². The van der Waals surface area contributed by atoms with Crippen LogP contribution in [0.25, 0.3) is 0 Å². The molecule has 2 aromatic rings. The molecule has 1 aliphatic heterocycles. The zero-order valence-electron chi connectivity index (χ0n) is 13.7. The van der Waals surface area contributed by atoms with Gasteiger partial charge in [-0.15, -0.1) is 0 Å². The number of rotatable bonds is 3. The quantitative estimate of drug-likeness (QED) is 0.803. The normalized spacial score (nSPS) is 21.4. The van der Waals surface area contributed by atoms with Crippen LogP contribution >= 0.6 is 0 Å². The van der Waals surface area contributed by atoms with Gasteiger partial charge < -0.3 is 9.47 Å². The second kappa shape index (κ2) is 6.20. The van der Waals surface area contributed by atoms with Crippen molar-refractivity contribution in [3.63, 3.8) is 0 Å². The predicted octanol–water partition coefficient (Wildman–Crippen LogP) is 3.71. The average Bonchev–Trinajstić information content (AvgIpc) is 3.09. The second-order valence-corrected chi connectivity index (χ2v) is 6.57. The second-order valence-electron chi connectivity index (χ2n) is 6.57.